The summed E-state index contributed by atoms with van der Waals surface area (Å²) in [5.74, 6) is -14.3. The number of carbonyl (C=O) groups excluding carboxylic acids is 1. The van der Waals surface area contributed by atoms with Gasteiger partial charge in [-0.2, -0.15) is 0 Å². The number of carboxylic acids is 2. The molecule has 0 aromatic carbocycles. The predicted molar refractivity (Wildman–Crippen MR) is 251 cm³/mol. The van der Waals surface area contributed by atoms with Crippen molar-refractivity contribution in [1.82, 2.24) is 5.32 Å². The van der Waals surface area contributed by atoms with Crippen LogP contribution < -0.4 is 5.32 Å². The van der Waals surface area contributed by atoms with Crippen molar-refractivity contribution in [1.29, 1.82) is 0 Å². The molecule has 0 saturated carbocycles. The molecule has 82 heavy (non-hydrogen) atoms. The molecule has 6 aliphatic rings. The maximum absolute atomic E-state index is 13.8. The van der Waals surface area contributed by atoms with Crippen LogP contribution in [-0.2, 0) is 66.5 Å². The second-order valence-corrected chi connectivity index (χ2v) is 21.1. The number of aliphatic hydroxyl groups excluding tert-OH is 19. The third kappa shape index (κ3) is 14.0. The number of nitrogens with one attached hydrogen (secondary N) is 1. The molecule has 0 aliphatic carbocycles. The Kier molecular flexibility index (Phi) is 23.6. The standard InChI is InChI=1S/C46H77NO35/c1-12-15(55)4-45(43(68)69,80-33(12)24(58)17(57)6-48)79-20(9-51)27(61)34-13(2)16(56)5-46(81-34,44(70)71)82-38-32(66)42(76-35-21(10-52)72-39(67)30(64)29(35)63)75-22(11-53)36(38)77-40-23(47-14(3)54)37(26(60)19(8-50)73-40)78-41-31(65)28(62)25(59)18(7-49)74-41/h12-13,15-42,48-53,55-67H,4-11H2,1-3H3,(H,47,54)(H,68,69)(H,70,71)/t12-,13-,15?,16?,17-,18?,19?,20-,21?,22?,23?,24-,25+,26+,27-,28+,29-,30?,31?,32?,33-,34-,35-,36+,37-,38-,39?,40+,41+,42+,45-,46+/m1/s1. The highest BCUT2D eigenvalue weighted by molar-refractivity contribution is 5.76. The number of carbonyl (C=O) groups is 3. The third-order valence-electron chi connectivity index (χ3n) is 15.6. The summed E-state index contributed by atoms with van der Waals surface area (Å²) in [7, 11) is 0. The molecule has 0 radical (unpaired) electrons. The average molecular weight is 1200 g/mol. The van der Waals surface area contributed by atoms with E-state index in [0.717, 1.165) is 6.92 Å². The number of carboxylic acid groups (broad SMARTS) is 2. The molecule has 1 amide bonds. The molecule has 0 aromatic heterocycles. The van der Waals surface area contributed by atoms with Gasteiger partial charge in [0.05, 0.1) is 64.1 Å². The van der Waals surface area contributed by atoms with Crippen LogP contribution in [0, 0.1) is 11.8 Å². The van der Waals surface area contributed by atoms with Gasteiger partial charge in [0, 0.05) is 31.6 Å². The van der Waals surface area contributed by atoms with Crippen LogP contribution in [0.1, 0.15) is 33.6 Å². The van der Waals surface area contributed by atoms with E-state index in [2.05, 4.69) is 5.32 Å². The SMILES string of the molecule is CC(=O)NC1[C@H](O[C@H]2C(CO)O[C@@H](O[C@@H]3C(CO)OC(O)C(O)[C@H]3O)C(O)[C@H]2O[C@]2(C(=O)O)CC(O)[C@@H](C)[C@H]([C@H](O)[C@@H](CO)O[C@]3(C(=O)O)CC(O)[C@@H](C)[C@H]([C@H](O)[C@H](O)CO)O3)O2)OC(CO)[C@H](O)[C@@H]1O[C@@H]1OC(CO)[C@H](O)[C@H](O)C1O. The monoisotopic (exact) mass is 1200 g/mol. The van der Waals surface area contributed by atoms with Gasteiger partial charge in [0.15, 0.2) is 25.2 Å². The highest BCUT2D eigenvalue weighted by atomic mass is 16.8. The minimum absolute atomic E-state index is 0.934. The van der Waals surface area contributed by atoms with Gasteiger partial charge in [-0.3, -0.25) is 4.79 Å². The Morgan fingerprint density at radius 3 is 1.54 bits per heavy atom. The second kappa shape index (κ2) is 28.4. The zero-order chi connectivity index (χ0) is 61.2. The number of aliphatic hydroxyl groups is 19. The molecule has 6 saturated heterocycles. The Bertz CT molecular complexity index is 2070. The summed E-state index contributed by atoms with van der Waals surface area (Å²) in [5, 5.41) is 228. The van der Waals surface area contributed by atoms with Crippen molar-refractivity contribution in [3.63, 3.8) is 0 Å². The third-order valence-corrected chi connectivity index (χ3v) is 15.6. The zero-order valence-corrected chi connectivity index (χ0v) is 44.1. The number of aliphatic carboxylic acids is 2. The Hall–Kier alpha value is -2.79. The summed E-state index contributed by atoms with van der Waals surface area (Å²) in [5.41, 5.74) is 0. The molecule has 0 aromatic rings. The van der Waals surface area contributed by atoms with Crippen molar-refractivity contribution in [2.75, 3.05) is 39.6 Å². The summed E-state index contributed by atoms with van der Waals surface area (Å²) in [6.07, 6.45) is -58.4. The summed E-state index contributed by atoms with van der Waals surface area (Å²) >= 11 is 0. The van der Waals surface area contributed by atoms with Gasteiger partial charge in [-0.15, -0.1) is 0 Å². The molecule has 6 aliphatic heterocycles. The highest BCUT2D eigenvalue weighted by Crippen LogP contribution is 2.44. The van der Waals surface area contributed by atoms with Gasteiger partial charge in [0.25, 0.3) is 11.6 Å². The van der Waals surface area contributed by atoms with Crippen molar-refractivity contribution in [3.05, 3.63) is 0 Å². The van der Waals surface area contributed by atoms with E-state index >= 15 is 0 Å². The van der Waals surface area contributed by atoms with Crippen molar-refractivity contribution in [3.8, 4) is 0 Å². The van der Waals surface area contributed by atoms with Crippen LogP contribution in [0.15, 0.2) is 0 Å². The van der Waals surface area contributed by atoms with E-state index in [0.29, 0.717) is 0 Å². The maximum Gasteiger partial charge on any atom is 0.364 e. The molecular formula is C46H77NO35. The van der Waals surface area contributed by atoms with Gasteiger partial charge < -0.3 is 165 Å². The molecule has 6 fully saturated rings. The number of hydrogen-bond acceptors (Lipinski definition) is 33. The normalized spacial score (nSPS) is 47.2. The summed E-state index contributed by atoms with van der Waals surface area (Å²) in [6.45, 7) is -3.47. The first-order chi connectivity index (χ1) is 38.5. The Labute approximate surface area is 464 Å². The molecule has 6 heterocycles. The first-order valence-corrected chi connectivity index (χ1v) is 26.0. The van der Waals surface area contributed by atoms with Crippen molar-refractivity contribution < 1.29 is 174 Å². The predicted octanol–water partition coefficient (Wildman–Crippen LogP) is -13.0. The van der Waals surface area contributed by atoms with Crippen molar-refractivity contribution in [2.24, 2.45) is 11.8 Å². The van der Waals surface area contributed by atoms with Crippen molar-refractivity contribution >= 4 is 17.8 Å². The smallest absolute Gasteiger partial charge is 0.364 e. The lowest BCUT2D eigenvalue weighted by molar-refractivity contribution is -0.405. The van der Waals surface area contributed by atoms with Gasteiger partial charge in [-0.1, -0.05) is 13.8 Å². The largest absolute Gasteiger partial charge is 0.477 e. The topological polar surface area (TPSA) is 590 Å². The molecule has 22 N–H and O–H groups in total. The van der Waals surface area contributed by atoms with Crippen LogP contribution in [0.4, 0.5) is 0 Å². The van der Waals surface area contributed by atoms with E-state index in [4.69, 9.17) is 52.1 Å². The molecule has 0 bridgehead atoms. The van der Waals surface area contributed by atoms with Crippen LogP contribution >= 0.6 is 0 Å². The molecule has 11 unspecified atom stereocenters. The van der Waals surface area contributed by atoms with E-state index in [1.807, 2.05) is 0 Å². The first kappa shape index (κ1) is 68.3. The van der Waals surface area contributed by atoms with Gasteiger partial charge in [0.1, 0.15) is 122 Å². The van der Waals surface area contributed by atoms with Crippen molar-refractivity contribution in [2.45, 2.75) is 217 Å². The van der Waals surface area contributed by atoms with Crippen LogP contribution in [0.5, 0.6) is 0 Å². The van der Waals surface area contributed by atoms with Crippen LogP contribution in [0.25, 0.3) is 0 Å². The minimum Gasteiger partial charge on any atom is -0.477 e. The van der Waals surface area contributed by atoms with Gasteiger partial charge in [-0.25, -0.2) is 9.59 Å². The van der Waals surface area contributed by atoms with Gasteiger partial charge >= 0.3 is 11.9 Å². The Morgan fingerprint density at radius 2 is 1.00 bits per heavy atom. The molecule has 0 spiro atoms. The molecule has 36 heteroatoms. The average Bonchev–Trinajstić information content (AvgIpc) is 3.52. The molecule has 32 atom stereocenters. The van der Waals surface area contributed by atoms with Crippen LogP contribution in [-0.4, -0.2) is 348 Å². The van der Waals surface area contributed by atoms with E-state index in [9.17, 15) is 122 Å². The van der Waals surface area contributed by atoms with Gasteiger partial charge in [-0.05, 0) is 0 Å². The fraction of sp³-hybridized carbons (Fsp3) is 0.935. The summed E-state index contributed by atoms with van der Waals surface area (Å²) in [4.78, 5) is 39.7. The van der Waals surface area contributed by atoms with Gasteiger partial charge in [0.2, 0.25) is 5.91 Å². The van der Waals surface area contributed by atoms with E-state index in [1.165, 1.54) is 13.8 Å². The van der Waals surface area contributed by atoms with Crippen LogP contribution in [0.2, 0.25) is 0 Å². The van der Waals surface area contributed by atoms with E-state index < -0.39 is 265 Å². The molecule has 6 rings (SSSR count). The summed E-state index contributed by atoms with van der Waals surface area (Å²) < 4.78 is 63.6. The molecule has 476 valence electrons. The molecular weight excluding hydrogens is 1130 g/mol. The second-order valence-electron chi connectivity index (χ2n) is 21.1. The fourth-order valence-corrected chi connectivity index (χ4v) is 10.7. The lowest BCUT2D eigenvalue weighted by atomic mass is 9.83. The van der Waals surface area contributed by atoms with E-state index in [1.54, 1.807) is 0 Å². The number of hydrogen-bond donors (Lipinski definition) is 22. The van der Waals surface area contributed by atoms with E-state index in [-0.39, 0.29) is 0 Å². The minimum atomic E-state index is -3.43. The summed E-state index contributed by atoms with van der Waals surface area (Å²) in [6, 6.07) is -1.93. The Morgan fingerprint density at radius 1 is 0.524 bits per heavy atom. The highest BCUT2D eigenvalue weighted by Gasteiger charge is 2.63. The number of ether oxygens (including phenoxy) is 11. The maximum atomic E-state index is 13.8. The fourth-order valence-electron chi connectivity index (χ4n) is 10.7. The lowest BCUT2D eigenvalue weighted by Crippen LogP contribution is -2.71. The quantitative estimate of drug-likeness (QED) is 0.0452. The lowest BCUT2D eigenvalue weighted by Gasteiger charge is -2.53. The molecule has 36 nitrogen and oxygen atoms in total. The Balaban J connectivity index is 1.41. The zero-order valence-electron chi connectivity index (χ0n) is 44.1. The first-order valence-electron chi connectivity index (χ1n) is 26.0. The number of amides is 1. The van der Waals surface area contributed by atoms with Crippen LogP contribution in [0.3, 0.4) is 0 Å². The number of rotatable bonds is 23.